The van der Waals surface area contributed by atoms with Crippen molar-refractivity contribution < 1.29 is 16.8 Å². The first-order chi connectivity index (χ1) is 9.92. The lowest BCUT2D eigenvalue weighted by Crippen LogP contribution is -2.39. The number of hydrogen-bond acceptors (Lipinski definition) is 4. The fourth-order valence-electron chi connectivity index (χ4n) is 2.24. The van der Waals surface area contributed by atoms with Crippen molar-refractivity contribution >= 4 is 20.0 Å². The van der Waals surface area contributed by atoms with Crippen molar-refractivity contribution in [1.29, 1.82) is 0 Å². The lowest BCUT2D eigenvalue weighted by molar-refractivity contribution is 0.378. The molecule has 1 aromatic carbocycles. The molecule has 8 heteroatoms. The first kappa shape index (κ1) is 16.4. The lowest BCUT2D eigenvalue weighted by Gasteiger charge is -2.26. The Labute approximate surface area is 126 Å². The fraction of sp³-hybridized carbons (Fsp3) is 0.538. The third-order valence-electron chi connectivity index (χ3n) is 3.38. The summed E-state index contributed by atoms with van der Waals surface area (Å²) in [7, 11) is -6.65. The van der Waals surface area contributed by atoms with Gasteiger partial charge in [-0.05, 0) is 31.4 Å². The molecule has 6 nitrogen and oxygen atoms in total. The first-order valence-corrected chi connectivity index (χ1v) is 10.0. The van der Waals surface area contributed by atoms with E-state index in [1.165, 1.54) is 16.4 Å². The number of rotatable bonds is 6. The molecule has 118 valence electrons. The summed E-state index contributed by atoms with van der Waals surface area (Å²) in [6, 6.07) is 8.12. The standard InChI is InChI=1S/C13H20N2O4S2/c16-20(17)12-5-4-10-15(20)11-6-9-14-21(18,19)13-7-2-1-3-8-13/h1-3,7-8,14H,4-6,9-12H2. The van der Waals surface area contributed by atoms with Crippen LogP contribution in [0.4, 0.5) is 0 Å². The van der Waals surface area contributed by atoms with E-state index in [9.17, 15) is 16.8 Å². The number of nitrogens with one attached hydrogen (secondary N) is 1. The Morgan fingerprint density at radius 1 is 1.14 bits per heavy atom. The van der Waals surface area contributed by atoms with Gasteiger partial charge in [0.25, 0.3) is 0 Å². The quantitative estimate of drug-likeness (QED) is 0.780. The Kier molecular flexibility index (Phi) is 5.37. The van der Waals surface area contributed by atoms with Gasteiger partial charge in [0.05, 0.1) is 10.6 Å². The van der Waals surface area contributed by atoms with Gasteiger partial charge in [0, 0.05) is 19.6 Å². The second kappa shape index (κ2) is 6.87. The van der Waals surface area contributed by atoms with Crippen LogP contribution in [-0.4, -0.2) is 46.5 Å². The third kappa shape index (κ3) is 4.50. The van der Waals surface area contributed by atoms with E-state index in [0.29, 0.717) is 25.9 Å². The minimum atomic E-state index is -3.51. The molecular weight excluding hydrogens is 312 g/mol. The molecule has 0 bridgehead atoms. The van der Waals surface area contributed by atoms with E-state index in [0.717, 1.165) is 6.42 Å². The molecule has 1 heterocycles. The summed E-state index contributed by atoms with van der Waals surface area (Å²) in [5.41, 5.74) is 0. The van der Waals surface area contributed by atoms with Crippen LogP contribution in [-0.2, 0) is 20.0 Å². The highest BCUT2D eigenvalue weighted by molar-refractivity contribution is 7.89. The van der Waals surface area contributed by atoms with Crippen molar-refractivity contribution in [2.24, 2.45) is 0 Å². The van der Waals surface area contributed by atoms with Crippen LogP contribution in [0.15, 0.2) is 35.2 Å². The smallest absolute Gasteiger partial charge is 0.212 e. The van der Waals surface area contributed by atoms with E-state index in [-0.39, 0.29) is 17.2 Å². The molecule has 0 aliphatic carbocycles. The van der Waals surface area contributed by atoms with Crippen LogP contribution in [0, 0.1) is 0 Å². The maximum atomic E-state index is 12.0. The summed E-state index contributed by atoms with van der Waals surface area (Å²) in [4.78, 5) is 0.218. The summed E-state index contributed by atoms with van der Waals surface area (Å²) in [5.74, 6) is 0.197. The van der Waals surface area contributed by atoms with Crippen LogP contribution in [0.2, 0.25) is 0 Å². The normalized spacial score (nSPS) is 19.4. The van der Waals surface area contributed by atoms with Gasteiger partial charge in [-0.3, -0.25) is 0 Å². The zero-order valence-electron chi connectivity index (χ0n) is 11.7. The number of nitrogens with zero attached hydrogens (tertiary/aromatic N) is 1. The minimum Gasteiger partial charge on any atom is -0.212 e. The molecule has 1 saturated heterocycles. The van der Waals surface area contributed by atoms with Crippen molar-refractivity contribution in [3.8, 4) is 0 Å². The summed E-state index contributed by atoms with van der Waals surface area (Å²) >= 11 is 0. The monoisotopic (exact) mass is 332 g/mol. The lowest BCUT2D eigenvalue weighted by atomic mass is 10.3. The van der Waals surface area contributed by atoms with Gasteiger partial charge in [0.2, 0.25) is 20.0 Å². The van der Waals surface area contributed by atoms with E-state index in [4.69, 9.17) is 0 Å². The van der Waals surface area contributed by atoms with E-state index in [2.05, 4.69) is 4.72 Å². The second-order valence-electron chi connectivity index (χ2n) is 4.99. The molecule has 0 amide bonds. The van der Waals surface area contributed by atoms with Crippen LogP contribution >= 0.6 is 0 Å². The van der Waals surface area contributed by atoms with Gasteiger partial charge >= 0.3 is 0 Å². The molecule has 0 aromatic heterocycles. The zero-order valence-corrected chi connectivity index (χ0v) is 13.4. The third-order valence-corrected chi connectivity index (χ3v) is 6.82. The van der Waals surface area contributed by atoms with E-state index in [1.54, 1.807) is 18.2 Å². The van der Waals surface area contributed by atoms with E-state index in [1.807, 2.05) is 0 Å². The van der Waals surface area contributed by atoms with Crippen molar-refractivity contribution in [2.75, 3.05) is 25.4 Å². The molecule has 0 spiro atoms. The molecule has 21 heavy (non-hydrogen) atoms. The highest BCUT2D eigenvalue weighted by Gasteiger charge is 2.25. The van der Waals surface area contributed by atoms with Crippen molar-refractivity contribution in [3.63, 3.8) is 0 Å². The van der Waals surface area contributed by atoms with Gasteiger partial charge in [0.15, 0.2) is 0 Å². The van der Waals surface area contributed by atoms with Gasteiger partial charge in [-0.15, -0.1) is 0 Å². The fourth-order valence-corrected chi connectivity index (χ4v) is 4.97. The zero-order chi connectivity index (χ0) is 15.3. The summed E-state index contributed by atoms with van der Waals surface area (Å²) in [6.45, 7) is 1.12. The Bertz CT molecular complexity index is 657. The van der Waals surface area contributed by atoms with Gasteiger partial charge in [-0.2, -0.15) is 0 Å². The minimum absolute atomic E-state index is 0.197. The molecule has 1 aromatic rings. The average Bonchev–Trinajstić information content (AvgIpc) is 2.45. The Balaban J connectivity index is 1.82. The average molecular weight is 332 g/mol. The summed E-state index contributed by atoms with van der Waals surface area (Å²) in [5, 5.41) is 0. The Morgan fingerprint density at radius 3 is 2.52 bits per heavy atom. The molecule has 0 unspecified atom stereocenters. The largest absolute Gasteiger partial charge is 0.240 e. The van der Waals surface area contributed by atoms with Crippen molar-refractivity contribution in [1.82, 2.24) is 9.03 Å². The topological polar surface area (TPSA) is 83.6 Å². The Morgan fingerprint density at radius 2 is 1.86 bits per heavy atom. The Hall–Kier alpha value is -0.960. The first-order valence-electron chi connectivity index (χ1n) is 6.94. The highest BCUT2D eigenvalue weighted by atomic mass is 32.2. The van der Waals surface area contributed by atoms with Crippen LogP contribution in [0.25, 0.3) is 0 Å². The number of benzene rings is 1. The molecule has 2 rings (SSSR count). The molecule has 1 fully saturated rings. The molecular formula is C13H20N2O4S2. The predicted octanol–water partition coefficient (Wildman–Crippen LogP) is 0.781. The number of sulfonamides is 2. The second-order valence-corrected chi connectivity index (χ2v) is 8.84. The molecule has 0 atom stereocenters. The van der Waals surface area contributed by atoms with Gasteiger partial charge in [0.1, 0.15) is 0 Å². The van der Waals surface area contributed by atoms with E-state index >= 15 is 0 Å². The van der Waals surface area contributed by atoms with E-state index < -0.39 is 20.0 Å². The van der Waals surface area contributed by atoms with Gasteiger partial charge in [-0.1, -0.05) is 18.2 Å². The molecule has 1 N–H and O–H groups in total. The van der Waals surface area contributed by atoms with Crippen LogP contribution in [0.3, 0.4) is 0 Å². The summed E-state index contributed by atoms with van der Waals surface area (Å²) in [6.07, 6.45) is 2.04. The SMILES string of the molecule is O=S(=O)(NCCCN1CCCCS1(=O)=O)c1ccccc1. The molecule has 1 aliphatic heterocycles. The number of hydrogen-bond donors (Lipinski definition) is 1. The molecule has 0 radical (unpaired) electrons. The highest BCUT2D eigenvalue weighted by Crippen LogP contribution is 2.13. The maximum Gasteiger partial charge on any atom is 0.240 e. The van der Waals surface area contributed by atoms with Gasteiger partial charge in [-0.25, -0.2) is 25.9 Å². The van der Waals surface area contributed by atoms with Crippen LogP contribution < -0.4 is 4.72 Å². The maximum absolute atomic E-state index is 12.0. The summed E-state index contributed by atoms with van der Waals surface area (Å²) < 4.78 is 51.4. The molecule has 0 saturated carbocycles. The van der Waals surface area contributed by atoms with Crippen LogP contribution in [0.1, 0.15) is 19.3 Å². The van der Waals surface area contributed by atoms with Crippen molar-refractivity contribution in [3.05, 3.63) is 30.3 Å². The van der Waals surface area contributed by atoms with Crippen molar-refractivity contribution in [2.45, 2.75) is 24.2 Å². The molecule has 1 aliphatic rings. The predicted molar refractivity (Wildman–Crippen MR) is 80.8 cm³/mol. The van der Waals surface area contributed by atoms with Gasteiger partial charge < -0.3 is 0 Å². The van der Waals surface area contributed by atoms with Crippen LogP contribution in [0.5, 0.6) is 0 Å².